The summed E-state index contributed by atoms with van der Waals surface area (Å²) in [5.74, 6) is -2.55. The number of anilines is 1. The molecule has 1 aromatic heterocycles. The standard InChI is InChI=1S/C22H17FN2O4S/c1-11-12(2)30-22(24-11)25-18(13-5-9-16(26)10-6-13)17(20(28)21(25)29)19(27)14-3-7-15(23)8-4-14/h3-10,18,26-27H,1-2H3/b19-17+/t18-/m1/s1. The SMILES string of the molecule is Cc1nc(N2C(=O)C(=O)/C(=C(/O)c3ccc(F)cc3)[C@H]2c2ccc(O)cc2)sc1C. The summed E-state index contributed by atoms with van der Waals surface area (Å²) in [7, 11) is 0. The number of hydrogen-bond acceptors (Lipinski definition) is 6. The molecule has 1 atom stereocenters. The molecule has 0 radical (unpaired) electrons. The second-order valence-corrected chi connectivity index (χ2v) is 8.09. The van der Waals surface area contributed by atoms with Crippen molar-refractivity contribution in [3.05, 3.63) is 81.6 Å². The summed E-state index contributed by atoms with van der Waals surface area (Å²) >= 11 is 1.27. The highest BCUT2D eigenvalue weighted by atomic mass is 32.1. The molecule has 152 valence electrons. The van der Waals surface area contributed by atoms with Crippen molar-refractivity contribution >= 4 is 33.9 Å². The highest BCUT2D eigenvalue weighted by Gasteiger charge is 2.48. The molecule has 0 spiro atoms. The number of halogens is 1. The van der Waals surface area contributed by atoms with Crippen molar-refractivity contribution in [2.75, 3.05) is 4.90 Å². The molecule has 2 N–H and O–H groups in total. The summed E-state index contributed by atoms with van der Waals surface area (Å²) in [6.07, 6.45) is 0. The lowest BCUT2D eigenvalue weighted by Gasteiger charge is -2.23. The first-order valence-electron chi connectivity index (χ1n) is 9.08. The summed E-state index contributed by atoms with van der Waals surface area (Å²) in [4.78, 5) is 32.5. The number of carbonyl (C=O) groups excluding carboxylic acids is 2. The lowest BCUT2D eigenvalue weighted by molar-refractivity contribution is -0.132. The van der Waals surface area contributed by atoms with Crippen LogP contribution in [0.15, 0.2) is 54.1 Å². The summed E-state index contributed by atoms with van der Waals surface area (Å²) in [5.41, 5.74) is 1.34. The number of phenolic OH excluding ortho intramolecular Hbond substituents is 1. The van der Waals surface area contributed by atoms with Gasteiger partial charge in [-0.05, 0) is 55.8 Å². The number of aromatic nitrogens is 1. The Morgan fingerprint density at radius 1 is 1.07 bits per heavy atom. The van der Waals surface area contributed by atoms with E-state index in [1.165, 1.54) is 40.5 Å². The molecule has 0 bridgehead atoms. The predicted molar refractivity (Wildman–Crippen MR) is 111 cm³/mol. The largest absolute Gasteiger partial charge is 0.508 e. The second-order valence-electron chi connectivity index (χ2n) is 6.91. The number of aliphatic hydroxyl groups is 1. The van der Waals surface area contributed by atoms with Gasteiger partial charge in [-0.15, -0.1) is 11.3 Å². The number of aromatic hydroxyl groups is 1. The van der Waals surface area contributed by atoms with Crippen molar-refractivity contribution in [2.45, 2.75) is 19.9 Å². The molecule has 0 aliphatic carbocycles. The summed E-state index contributed by atoms with van der Waals surface area (Å²) in [6, 6.07) is 10.1. The number of rotatable bonds is 3. The van der Waals surface area contributed by atoms with Gasteiger partial charge < -0.3 is 10.2 Å². The van der Waals surface area contributed by atoms with Crippen molar-refractivity contribution in [3.8, 4) is 5.75 Å². The molecule has 8 heteroatoms. The van der Waals surface area contributed by atoms with Crippen molar-refractivity contribution in [1.82, 2.24) is 4.98 Å². The van der Waals surface area contributed by atoms with E-state index in [4.69, 9.17) is 0 Å². The minimum Gasteiger partial charge on any atom is -0.508 e. The molecule has 1 saturated heterocycles. The first-order chi connectivity index (χ1) is 14.3. The van der Waals surface area contributed by atoms with Crippen LogP contribution >= 0.6 is 11.3 Å². The van der Waals surface area contributed by atoms with E-state index < -0.39 is 29.3 Å². The minimum absolute atomic E-state index is 0.0233. The van der Waals surface area contributed by atoms with Crippen LogP contribution in [0.5, 0.6) is 5.75 Å². The van der Waals surface area contributed by atoms with E-state index in [9.17, 15) is 24.2 Å². The van der Waals surface area contributed by atoms with Crippen LogP contribution in [0.2, 0.25) is 0 Å². The van der Waals surface area contributed by atoms with Crippen LogP contribution in [-0.2, 0) is 9.59 Å². The van der Waals surface area contributed by atoms with E-state index >= 15 is 0 Å². The molecule has 2 heterocycles. The summed E-state index contributed by atoms with van der Waals surface area (Å²) in [6.45, 7) is 3.67. The first kappa shape index (κ1) is 19.8. The normalized spacial score (nSPS) is 18.2. The molecule has 0 unspecified atom stereocenters. The smallest absolute Gasteiger partial charge is 0.301 e. The third-order valence-electron chi connectivity index (χ3n) is 4.99. The van der Waals surface area contributed by atoms with Gasteiger partial charge in [0.25, 0.3) is 5.78 Å². The van der Waals surface area contributed by atoms with Gasteiger partial charge in [-0.1, -0.05) is 12.1 Å². The van der Waals surface area contributed by atoms with E-state index in [1.54, 1.807) is 19.1 Å². The number of amides is 1. The molecule has 6 nitrogen and oxygen atoms in total. The van der Waals surface area contributed by atoms with Crippen molar-refractivity contribution < 1.29 is 24.2 Å². The third-order valence-corrected chi connectivity index (χ3v) is 6.07. The number of nitrogens with zero attached hydrogens (tertiary/aromatic N) is 2. The Bertz CT molecular complexity index is 1160. The van der Waals surface area contributed by atoms with Crippen molar-refractivity contribution in [1.29, 1.82) is 0 Å². The number of Topliss-reactive ketones (excluding diaryl/α,β-unsaturated/α-hetero) is 1. The number of thiazole rings is 1. The maximum atomic E-state index is 13.3. The third kappa shape index (κ3) is 3.25. The highest BCUT2D eigenvalue weighted by molar-refractivity contribution is 7.16. The van der Waals surface area contributed by atoms with Crippen LogP contribution in [0.4, 0.5) is 9.52 Å². The number of phenols is 1. The Balaban J connectivity index is 1.94. The summed E-state index contributed by atoms with van der Waals surface area (Å²) in [5, 5.41) is 20.9. The van der Waals surface area contributed by atoms with E-state index in [1.807, 2.05) is 6.92 Å². The Morgan fingerprint density at radius 3 is 2.27 bits per heavy atom. The van der Waals surface area contributed by atoms with Gasteiger partial charge in [-0.2, -0.15) is 0 Å². The molecule has 1 aliphatic heterocycles. The lowest BCUT2D eigenvalue weighted by atomic mass is 9.95. The molecule has 30 heavy (non-hydrogen) atoms. The van der Waals surface area contributed by atoms with E-state index in [-0.39, 0.29) is 16.9 Å². The molecule has 1 amide bonds. The first-order valence-corrected chi connectivity index (χ1v) is 9.89. The molecule has 4 rings (SSSR count). The molecule has 0 saturated carbocycles. The van der Waals surface area contributed by atoms with Crippen LogP contribution < -0.4 is 4.90 Å². The van der Waals surface area contributed by atoms with Gasteiger partial charge in [-0.25, -0.2) is 9.37 Å². The number of benzene rings is 2. The van der Waals surface area contributed by atoms with E-state index in [2.05, 4.69) is 4.98 Å². The monoisotopic (exact) mass is 424 g/mol. The molecular weight excluding hydrogens is 407 g/mol. The van der Waals surface area contributed by atoms with Crippen LogP contribution in [0.3, 0.4) is 0 Å². The zero-order valence-corrected chi connectivity index (χ0v) is 16.9. The Hall–Kier alpha value is -3.52. The zero-order valence-electron chi connectivity index (χ0n) is 16.1. The quantitative estimate of drug-likeness (QED) is 0.373. The minimum atomic E-state index is -0.944. The predicted octanol–water partition coefficient (Wildman–Crippen LogP) is 4.23. The van der Waals surface area contributed by atoms with Gasteiger partial charge in [0.1, 0.15) is 17.3 Å². The van der Waals surface area contributed by atoms with Gasteiger partial charge in [0.15, 0.2) is 5.13 Å². The van der Waals surface area contributed by atoms with Gasteiger partial charge in [-0.3, -0.25) is 14.5 Å². The Morgan fingerprint density at radius 2 is 1.70 bits per heavy atom. The average Bonchev–Trinajstić information content (AvgIpc) is 3.18. The summed E-state index contributed by atoms with van der Waals surface area (Å²) < 4.78 is 13.3. The Kier molecular flexibility index (Phi) is 4.87. The fourth-order valence-electron chi connectivity index (χ4n) is 3.32. The average molecular weight is 424 g/mol. The molecule has 3 aromatic rings. The molecule has 2 aromatic carbocycles. The number of carbonyl (C=O) groups is 2. The number of hydrogen-bond donors (Lipinski definition) is 2. The van der Waals surface area contributed by atoms with Gasteiger partial charge >= 0.3 is 5.91 Å². The Labute approximate surface area is 175 Å². The van der Waals surface area contributed by atoms with E-state index in [0.717, 1.165) is 22.7 Å². The van der Waals surface area contributed by atoms with Crippen molar-refractivity contribution in [3.63, 3.8) is 0 Å². The van der Waals surface area contributed by atoms with Crippen LogP contribution in [0.1, 0.15) is 27.7 Å². The molecule has 1 aliphatic rings. The van der Waals surface area contributed by atoms with Gasteiger partial charge in [0.05, 0.1) is 17.3 Å². The molecule has 1 fully saturated rings. The number of aliphatic hydroxyl groups excluding tert-OH is 1. The fourth-order valence-corrected chi connectivity index (χ4v) is 4.26. The fraction of sp³-hybridized carbons (Fsp3) is 0.136. The van der Waals surface area contributed by atoms with E-state index in [0.29, 0.717) is 10.7 Å². The molecular formula is C22H17FN2O4S. The van der Waals surface area contributed by atoms with Crippen molar-refractivity contribution in [2.24, 2.45) is 0 Å². The highest BCUT2D eigenvalue weighted by Crippen LogP contribution is 2.43. The van der Waals surface area contributed by atoms with Crippen LogP contribution in [0.25, 0.3) is 5.76 Å². The number of aryl methyl sites for hydroxylation is 2. The van der Waals surface area contributed by atoms with Crippen LogP contribution in [0, 0.1) is 19.7 Å². The van der Waals surface area contributed by atoms with Gasteiger partial charge in [0, 0.05) is 10.4 Å². The van der Waals surface area contributed by atoms with Gasteiger partial charge in [0.2, 0.25) is 0 Å². The lowest BCUT2D eigenvalue weighted by Crippen LogP contribution is -2.29. The maximum absolute atomic E-state index is 13.3. The topological polar surface area (TPSA) is 90.7 Å². The number of ketones is 1. The second kappa shape index (κ2) is 7.38. The van der Waals surface area contributed by atoms with Crippen LogP contribution in [-0.4, -0.2) is 26.9 Å². The maximum Gasteiger partial charge on any atom is 0.301 e. The zero-order chi connectivity index (χ0) is 21.6.